The summed E-state index contributed by atoms with van der Waals surface area (Å²) in [5.41, 5.74) is -0.201. The predicted molar refractivity (Wildman–Crippen MR) is 47.7 cm³/mol. The molecule has 0 fully saturated rings. The number of alkyl halides is 4. The molecule has 0 aromatic rings. The molecule has 0 bridgehead atoms. The van der Waals surface area contributed by atoms with Gasteiger partial charge in [0.15, 0.2) is 0 Å². The molecule has 2 atom stereocenters. The van der Waals surface area contributed by atoms with Crippen LogP contribution in [0.4, 0.5) is 17.6 Å². The molecule has 0 spiro atoms. The SMILES string of the molecule is CCC(C)C1=NC(C(F)(F)C(F)F)OC1=O. The molecule has 3 nitrogen and oxygen atoms in total. The molecule has 0 saturated carbocycles. The topological polar surface area (TPSA) is 38.7 Å². The highest BCUT2D eigenvalue weighted by Gasteiger charge is 2.54. The van der Waals surface area contributed by atoms with E-state index in [1.54, 1.807) is 13.8 Å². The highest BCUT2D eigenvalue weighted by Crippen LogP contribution is 2.33. The van der Waals surface area contributed by atoms with Crippen LogP contribution in [0.3, 0.4) is 0 Å². The lowest BCUT2D eigenvalue weighted by Crippen LogP contribution is -2.39. The van der Waals surface area contributed by atoms with Crippen molar-refractivity contribution in [3.8, 4) is 0 Å². The van der Waals surface area contributed by atoms with Crippen molar-refractivity contribution in [2.45, 2.75) is 38.8 Å². The van der Waals surface area contributed by atoms with E-state index in [9.17, 15) is 22.4 Å². The molecule has 0 N–H and O–H groups in total. The van der Waals surface area contributed by atoms with Gasteiger partial charge in [0.05, 0.1) is 0 Å². The lowest BCUT2D eigenvalue weighted by molar-refractivity contribution is -0.199. The van der Waals surface area contributed by atoms with Crippen LogP contribution in [0.5, 0.6) is 0 Å². The quantitative estimate of drug-likeness (QED) is 0.559. The monoisotopic (exact) mass is 241 g/mol. The third kappa shape index (κ3) is 2.17. The standard InChI is InChI=1S/C9H11F4NO2/c1-3-4(2)5-6(15)16-8(14-5)9(12,13)7(10)11/h4,7-8H,3H2,1-2H3. The number of rotatable bonds is 4. The van der Waals surface area contributed by atoms with Gasteiger partial charge in [-0.25, -0.2) is 18.6 Å². The van der Waals surface area contributed by atoms with Gasteiger partial charge >= 0.3 is 18.3 Å². The van der Waals surface area contributed by atoms with E-state index in [-0.39, 0.29) is 11.6 Å². The molecule has 1 heterocycles. The van der Waals surface area contributed by atoms with Crippen molar-refractivity contribution >= 4 is 11.7 Å². The van der Waals surface area contributed by atoms with Gasteiger partial charge in [0.25, 0.3) is 6.23 Å². The molecule has 1 rings (SSSR count). The second-order valence-electron chi connectivity index (χ2n) is 3.56. The number of halogens is 4. The molecule has 1 aliphatic heterocycles. The molecule has 16 heavy (non-hydrogen) atoms. The van der Waals surface area contributed by atoms with E-state index in [0.29, 0.717) is 6.42 Å². The Balaban J connectivity index is 2.90. The molecule has 0 saturated heterocycles. The van der Waals surface area contributed by atoms with E-state index in [4.69, 9.17) is 0 Å². The normalized spacial score (nSPS) is 23.3. The molecule has 7 heteroatoms. The highest BCUT2D eigenvalue weighted by atomic mass is 19.3. The maximum absolute atomic E-state index is 12.8. The molecule has 0 aromatic heterocycles. The smallest absolute Gasteiger partial charge is 0.363 e. The minimum absolute atomic E-state index is 0.201. The summed E-state index contributed by atoms with van der Waals surface area (Å²) in [7, 11) is 0. The summed E-state index contributed by atoms with van der Waals surface area (Å²) in [5, 5.41) is 0. The second kappa shape index (κ2) is 4.39. The first-order valence-electron chi connectivity index (χ1n) is 4.75. The van der Waals surface area contributed by atoms with Crippen molar-refractivity contribution in [2.24, 2.45) is 10.9 Å². The fourth-order valence-electron chi connectivity index (χ4n) is 1.16. The zero-order valence-electron chi connectivity index (χ0n) is 8.71. The molecule has 0 amide bonds. The van der Waals surface area contributed by atoms with Gasteiger partial charge < -0.3 is 4.74 Å². The first-order valence-corrected chi connectivity index (χ1v) is 4.75. The summed E-state index contributed by atoms with van der Waals surface area (Å²) in [5.74, 6) is -5.86. The minimum atomic E-state index is -4.44. The van der Waals surface area contributed by atoms with Crippen LogP contribution in [0, 0.1) is 5.92 Å². The van der Waals surface area contributed by atoms with Crippen LogP contribution in [0.25, 0.3) is 0 Å². The van der Waals surface area contributed by atoms with Crippen molar-refractivity contribution in [1.82, 2.24) is 0 Å². The van der Waals surface area contributed by atoms with Crippen molar-refractivity contribution in [3.05, 3.63) is 0 Å². The van der Waals surface area contributed by atoms with Crippen molar-refractivity contribution in [1.29, 1.82) is 0 Å². The number of carbonyl (C=O) groups excluding carboxylic acids is 1. The van der Waals surface area contributed by atoms with Crippen LogP contribution in [-0.4, -0.2) is 30.3 Å². The average molecular weight is 241 g/mol. The van der Waals surface area contributed by atoms with Crippen LogP contribution in [0.2, 0.25) is 0 Å². The van der Waals surface area contributed by atoms with Gasteiger partial charge in [-0.15, -0.1) is 0 Å². The van der Waals surface area contributed by atoms with Gasteiger partial charge in [-0.1, -0.05) is 13.8 Å². The second-order valence-corrected chi connectivity index (χ2v) is 3.56. The summed E-state index contributed by atoms with van der Waals surface area (Å²) in [6.07, 6.45) is -5.82. The lowest BCUT2D eigenvalue weighted by Gasteiger charge is -2.18. The van der Waals surface area contributed by atoms with Gasteiger partial charge in [0, 0.05) is 5.92 Å². The van der Waals surface area contributed by atoms with Gasteiger partial charge in [-0.05, 0) is 6.42 Å². The number of carbonyl (C=O) groups is 1. The van der Waals surface area contributed by atoms with Crippen LogP contribution in [0.1, 0.15) is 20.3 Å². The van der Waals surface area contributed by atoms with Crippen LogP contribution >= 0.6 is 0 Å². The lowest BCUT2D eigenvalue weighted by atomic mass is 10.0. The number of hydrogen-bond acceptors (Lipinski definition) is 3. The zero-order valence-corrected chi connectivity index (χ0v) is 8.71. The number of aliphatic imine (C=N–C) groups is 1. The van der Waals surface area contributed by atoms with Gasteiger partial charge in [0.2, 0.25) is 0 Å². The Bertz CT molecular complexity index is 317. The molecule has 92 valence electrons. The average Bonchev–Trinajstić information content (AvgIpc) is 2.59. The summed E-state index contributed by atoms with van der Waals surface area (Å²) in [6.45, 7) is 3.31. The first kappa shape index (κ1) is 12.9. The summed E-state index contributed by atoms with van der Waals surface area (Å²) < 4.78 is 53.8. The van der Waals surface area contributed by atoms with E-state index < -0.39 is 24.5 Å². The predicted octanol–water partition coefficient (Wildman–Crippen LogP) is 2.26. The number of nitrogens with zero attached hydrogens (tertiary/aromatic N) is 1. The molecule has 0 aliphatic carbocycles. The van der Waals surface area contributed by atoms with E-state index in [1.165, 1.54) is 0 Å². The number of hydrogen-bond donors (Lipinski definition) is 0. The minimum Gasteiger partial charge on any atom is -0.428 e. The number of cyclic esters (lactones) is 1. The Labute approximate surface area is 89.5 Å². The Morgan fingerprint density at radius 3 is 2.50 bits per heavy atom. The van der Waals surface area contributed by atoms with E-state index in [2.05, 4.69) is 9.73 Å². The van der Waals surface area contributed by atoms with Crippen LogP contribution in [0.15, 0.2) is 4.99 Å². The van der Waals surface area contributed by atoms with Crippen molar-refractivity contribution < 1.29 is 27.1 Å². The maximum atomic E-state index is 12.8. The number of esters is 1. The molecule has 2 unspecified atom stereocenters. The fourth-order valence-corrected chi connectivity index (χ4v) is 1.16. The van der Waals surface area contributed by atoms with Crippen molar-refractivity contribution in [2.75, 3.05) is 0 Å². The number of ether oxygens (including phenoxy) is 1. The third-order valence-electron chi connectivity index (χ3n) is 2.38. The molecular formula is C9H11F4NO2. The van der Waals surface area contributed by atoms with Gasteiger partial charge in [-0.2, -0.15) is 8.78 Å². The van der Waals surface area contributed by atoms with E-state index >= 15 is 0 Å². The summed E-state index contributed by atoms with van der Waals surface area (Å²) >= 11 is 0. The summed E-state index contributed by atoms with van der Waals surface area (Å²) in [4.78, 5) is 14.4. The highest BCUT2D eigenvalue weighted by molar-refractivity contribution is 6.38. The van der Waals surface area contributed by atoms with Crippen molar-refractivity contribution in [3.63, 3.8) is 0 Å². The Kier molecular flexibility index (Phi) is 3.54. The fraction of sp³-hybridized carbons (Fsp3) is 0.778. The molecular weight excluding hydrogens is 230 g/mol. The van der Waals surface area contributed by atoms with Crippen LogP contribution in [-0.2, 0) is 9.53 Å². The third-order valence-corrected chi connectivity index (χ3v) is 2.38. The van der Waals surface area contributed by atoms with Gasteiger partial charge in [-0.3, -0.25) is 0 Å². The van der Waals surface area contributed by atoms with E-state index in [1.807, 2.05) is 0 Å². The van der Waals surface area contributed by atoms with Crippen LogP contribution < -0.4 is 0 Å². The summed E-state index contributed by atoms with van der Waals surface area (Å²) in [6, 6.07) is 0. The Hall–Kier alpha value is -1.14. The molecule has 0 radical (unpaired) electrons. The Morgan fingerprint density at radius 1 is 1.50 bits per heavy atom. The largest absolute Gasteiger partial charge is 0.428 e. The molecule has 0 aromatic carbocycles. The van der Waals surface area contributed by atoms with E-state index in [0.717, 1.165) is 0 Å². The zero-order chi connectivity index (χ0) is 12.5. The van der Waals surface area contributed by atoms with Gasteiger partial charge in [0.1, 0.15) is 5.71 Å². The molecule has 1 aliphatic rings. The maximum Gasteiger partial charge on any atom is 0.363 e. The first-order chi connectivity index (χ1) is 7.30. The Morgan fingerprint density at radius 2 is 2.06 bits per heavy atom.